The molecule has 2 fully saturated rings. The number of nitrogens with one attached hydrogen (secondary N) is 2. The molecule has 7 heteroatoms. The summed E-state index contributed by atoms with van der Waals surface area (Å²) in [5.74, 6) is 0.647. The van der Waals surface area contributed by atoms with Gasteiger partial charge in [0.15, 0.2) is 0 Å². The van der Waals surface area contributed by atoms with Gasteiger partial charge in [-0.25, -0.2) is 4.52 Å². The summed E-state index contributed by atoms with van der Waals surface area (Å²) in [4.78, 5) is 12.6. The molecular weight excluding hydrogens is 380 g/mol. The smallest absolute Gasteiger partial charge is 0.255 e. The maximum absolute atomic E-state index is 12.6. The first kappa shape index (κ1) is 24.3. The van der Waals surface area contributed by atoms with Crippen LogP contribution in [0.25, 0.3) is 5.52 Å². The first-order valence-electron chi connectivity index (χ1n) is 10.7. The summed E-state index contributed by atoms with van der Waals surface area (Å²) in [5.41, 5.74) is 2.99. The first-order valence-corrected chi connectivity index (χ1v) is 10.7. The fourth-order valence-corrected chi connectivity index (χ4v) is 4.40. The fourth-order valence-electron chi connectivity index (χ4n) is 4.40. The number of methoxy groups -OCH3 is 1. The number of carbonyl (C=O) groups excluding carboxylic acids is 1. The van der Waals surface area contributed by atoms with Gasteiger partial charge in [-0.05, 0) is 89.9 Å². The zero-order chi connectivity index (χ0) is 21.1. The van der Waals surface area contributed by atoms with E-state index in [4.69, 9.17) is 4.74 Å². The standard InChI is InChI=1S/C18H24N4O.C5H12O.H2O.H2/c1-13-16(15-4-2-3-9-22(15)21-13)17(23)20-12-14-10-18(11-14)5-7-19-8-6-18;1-5(2,3)6-4;;/h2-4,9,14,19H,5-8,10-12H2,1H3,(H,20,23);1-4H3;1H2;1H. The van der Waals surface area contributed by atoms with Gasteiger partial charge in [-0.2, -0.15) is 5.10 Å². The second kappa shape index (κ2) is 9.90. The van der Waals surface area contributed by atoms with Crippen LogP contribution in [-0.2, 0) is 4.74 Å². The topological polar surface area (TPSA) is 99.2 Å². The Balaban J connectivity index is 0.000000535. The van der Waals surface area contributed by atoms with E-state index in [1.165, 1.54) is 25.7 Å². The molecule has 2 aromatic rings. The molecule has 1 aliphatic carbocycles. The van der Waals surface area contributed by atoms with Gasteiger partial charge in [0.2, 0.25) is 0 Å². The van der Waals surface area contributed by atoms with Crippen LogP contribution in [0.1, 0.15) is 63.9 Å². The molecule has 4 N–H and O–H groups in total. The lowest BCUT2D eigenvalue weighted by Gasteiger charge is -2.50. The predicted octanol–water partition coefficient (Wildman–Crippen LogP) is 3.00. The second-order valence-electron chi connectivity index (χ2n) is 9.54. The van der Waals surface area contributed by atoms with E-state index in [-0.39, 0.29) is 18.4 Å². The van der Waals surface area contributed by atoms with Crippen LogP contribution in [0, 0.1) is 18.3 Å². The number of piperidine rings is 1. The molecule has 0 unspecified atom stereocenters. The maximum Gasteiger partial charge on any atom is 0.255 e. The van der Waals surface area contributed by atoms with Crippen LogP contribution in [0.15, 0.2) is 24.4 Å². The van der Waals surface area contributed by atoms with Gasteiger partial charge in [-0.1, -0.05) is 6.07 Å². The number of hydrogen-bond acceptors (Lipinski definition) is 4. The summed E-state index contributed by atoms with van der Waals surface area (Å²) < 4.78 is 6.71. The molecule has 7 nitrogen and oxygen atoms in total. The number of carbonyl (C=O) groups is 1. The second-order valence-corrected chi connectivity index (χ2v) is 9.54. The lowest BCUT2D eigenvalue weighted by atomic mass is 9.58. The van der Waals surface area contributed by atoms with Crippen LogP contribution in [0.4, 0.5) is 0 Å². The van der Waals surface area contributed by atoms with Gasteiger partial charge in [0.1, 0.15) is 0 Å². The van der Waals surface area contributed by atoms with Crippen LogP contribution in [0.5, 0.6) is 0 Å². The largest absolute Gasteiger partial charge is 0.412 e. The van der Waals surface area contributed by atoms with Gasteiger partial charge < -0.3 is 20.8 Å². The van der Waals surface area contributed by atoms with Crippen LogP contribution in [0.2, 0.25) is 0 Å². The summed E-state index contributed by atoms with van der Waals surface area (Å²) in [6.07, 6.45) is 7.01. The van der Waals surface area contributed by atoms with E-state index in [0.717, 1.165) is 30.8 Å². The number of aryl methyl sites for hydroxylation is 1. The number of amides is 1. The molecule has 30 heavy (non-hydrogen) atoms. The Morgan fingerprint density at radius 3 is 2.57 bits per heavy atom. The van der Waals surface area contributed by atoms with E-state index < -0.39 is 0 Å². The summed E-state index contributed by atoms with van der Waals surface area (Å²) in [6.45, 7) is 11.1. The normalized spacial score (nSPS) is 18.2. The summed E-state index contributed by atoms with van der Waals surface area (Å²) in [5, 5.41) is 11.0. The molecule has 0 radical (unpaired) electrons. The molecule has 4 rings (SSSR count). The van der Waals surface area contributed by atoms with Crippen molar-refractivity contribution in [3.63, 3.8) is 0 Å². The molecule has 1 saturated heterocycles. The lowest BCUT2D eigenvalue weighted by Crippen LogP contribution is -2.48. The van der Waals surface area contributed by atoms with Crippen molar-refractivity contribution >= 4 is 11.4 Å². The van der Waals surface area contributed by atoms with E-state index in [2.05, 4.69) is 15.7 Å². The molecule has 1 saturated carbocycles. The number of fused-ring (bicyclic) bond motifs is 1. The Labute approximate surface area is 181 Å². The van der Waals surface area contributed by atoms with Crippen LogP contribution in [-0.4, -0.2) is 53.3 Å². The number of rotatable bonds is 3. The molecule has 1 aliphatic heterocycles. The van der Waals surface area contributed by atoms with Gasteiger partial charge in [0.25, 0.3) is 5.91 Å². The third kappa shape index (κ3) is 5.80. The van der Waals surface area contributed by atoms with Crippen LogP contribution in [0.3, 0.4) is 0 Å². The Bertz CT molecular complexity index is 833. The van der Waals surface area contributed by atoms with E-state index in [1.54, 1.807) is 11.6 Å². The number of aromatic nitrogens is 2. The van der Waals surface area contributed by atoms with Crippen molar-refractivity contribution < 1.29 is 16.4 Å². The number of ether oxygens (including phenoxy) is 1. The minimum atomic E-state index is 0. The molecule has 1 amide bonds. The molecule has 0 aromatic carbocycles. The van der Waals surface area contributed by atoms with Crippen molar-refractivity contribution in [2.45, 2.75) is 59.0 Å². The minimum absolute atomic E-state index is 0. The van der Waals surface area contributed by atoms with Crippen molar-refractivity contribution in [1.29, 1.82) is 0 Å². The molecular formula is C23H40N4O3. The third-order valence-electron chi connectivity index (χ3n) is 6.21. The van der Waals surface area contributed by atoms with E-state index in [9.17, 15) is 4.79 Å². The third-order valence-corrected chi connectivity index (χ3v) is 6.21. The van der Waals surface area contributed by atoms with Crippen LogP contribution < -0.4 is 10.6 Å². The van der Waals surface area contributed by atoms with Crippen molar-refractivity contribution in [2.75, 3.05) is 26.7 Å². The highest BCUT2D eigenvalue weighted by molar-refractivity contribution is 6.01. The molecule has 2 aliphatic rings. The minimum Gasteiger partial charge on any atom is -0.412 e. The van der Waals surface area contributed by atoms with Gasteiger partial charge in [0.05, 0.1) is 22.4 Å². The fraction of sp³-hybridized carbons (Fsp3) is 0.652. The average molecular weight is 421 g/mol. The molecule has 2 aromatic heterocycles. The zero-order valence-corrected chi connectivity index (χ0v) is 19.0. The van der Waals surface area contributed by atoms with Crippen molar-refractivity contribution in [3.8, 4) is 0 Å². The first-order chi connectivity index (χ1) is 13.7. The van der Waals surface area contributed by atoms with Gasteiger partial charge in [-0.3, -0.25) is 4.79 Å². The van der Waals surface area contributed by atoms with E-state index >= 15 is 0 Å². The zero-order valence-electron chi connectivity index (χ0n) is 19.0. The highest BCUT2D eigenvalue weighted by Gasteiger charge is 2.44. The van der Waals surface area contributed by atoms with Gasteiger partial charge in [0, 0.05) is 21.3 Å². The monoisotopic (exact) mass is 420 g/mol. The Morgan fingerprint density at radius 1 is 1.33 bits per heavy atom. The maximum atomic E-state index is 12.6. The lowest BCUT2D eigenvalue weighted by molar-refractivity contribution is 0.0220. The van der Waals surface area contributed by atoms with Gasteiger partial charge >= 0.3 is 0 Å². The van der Waals surface area contributed by atoms with Crippen molar-refractivity contribution in [3.05, 3.63) is 35.7 Å². The Kier molecular flexibility index (Phi) is 8.02. The molecule has 0 atom stereocenters. The average Bonchev–Trinajstić information content (AvgIpc) is 3.01. The number of nitrogens with zero attached hydrogens (tertiary/aromatic N) is 2. The summed E-state index contributed by atoms with van der Waals surface area (Å²) >= 11 is 0. The molecule has 0 bridgehead atoms. The van der Waals surface area contributed by atoms with Gasteiger partial charge in [-0.15, -0.1) is 0 Å². The summed E-state index contributed by atoms with van der Waals surface area (Å²) in [6, 6.07) is 5.82. The summed E-state index contributed by atoms with van der Waals surface area (Å²) in [7, 11) is 1.71. The van der Waals surface area contributed by atoms with Crippen molar-refractivity contribution in [2.24, 2.45) is 11.3 Å². The van der Waals surface area contributed by atoms with Crippen LogP contribution >= 0.6 is 0 Å². The highest BCUT2D eigenvalue weighted by Crippen LogP contribution is 2.51. The Morgan fingerprint density at radius 2 is 1.97 bits per heavy atom. The van der Waals surface area contributed by atoms with Crippen molar-refractivity contribution in [1.82, 2.24) is 20.2 Å². The highest BCUT2D eigenvalue weighted by atomic mass is 16.5. The number of hydrogen-bond donors (Lipinski definition) is 2. The van der Waals surface area contributed by atoms with E-state index in [1.807, 2.05) is 52.1 Å². The Hall–Kier alpha value is -1.96. The van der Waals surface area contributed by atoms with E-state index in [0.29, 0.717) is 16.9 Å². The predicted molar refractivity (Wildman–Crippen MR) is 122 cm³/mol. The molecule has 3 heterocycles. The molecule has 170 valence electrons. The molecule has 1 spiro atoms. The quantitative estimate of drug-likeness (QED) is 0.797. The SMILES string of the molecule is COC(C)(C)C.Cc1nn2ccccc2c1C(=O)NCC1CC2(CCNCC2)C1.O.[HH]. The number of pyridine rings is 1.